The molecule has 0 amide bonds. The maximum Gasteiger partial charge on any atom is 0.0607 e. The van der Waals surface area contributed by atoms with Crippen molar-refractivity contribution in [1.29, 1.82) is 0 Å². The van der Waals surface area contributed by atoms with Crippen molar-refractivity contribution < 1.29 is 0 Å². The second kappa shape index (κ2) is 8.77. The van der Waals surface area contributed by atoms with Gasteiger partial charge in [0.25, 0.3) is 0 Å². The Labute approximate surface area is 192 Å². The van der Waals surface area contributed by atoms with Crippen LogP contribution < -0.4 is 10.2 Å². The third kappa shape index (κ3) is 3.85. The first-order valence-corrected chi connectivity index (χ1v) is 12.7. The lowest BCUT2D eigenvalue weighted by molar-refractivity contribution is 0.190. The normalized spacial score (nSPS) is 27.8. The summed E-state index contributed by atoms with van der Waals surface area (Å²) in [5, 5.41) is 3.85. The molecule has 0 saturated carbocycles. The lowest BCUT2D eigenvalue weighted by Gasteiger charge is -2.41. The average molecular weight is 432 g/mol. The number of aromatic nitrogens is 1. The Kier molecular flexibility index (Phi) is 5.66. The van der Waals surface area contributed by atoms with E-state index in [-0.39, 0.29) is 0 Å². The molecule has 3 atom stereocenters. The van der Waals surface area contributed by atoms with Crippen molar-refractivity contribution in [2.24, 2.45) is 0 Å². The van der Waals surface area contributed by atoms with Gasteiger partial charge in [-0.1, -0.05) is 18.2 Å². The highest BCUT2D eigenvalue weighted by atomic mass is 15.3. The molecular formula is C27H37N5. The topological polar surface area (TPSA) is 34.6 Å². The molecule has 1 N–H and O–H groups in total. The van der Waals surface area contributed by atoms with Crippen molar-refractivity contribution in [2.45, 2.75) is 63.2 Å². The molecule has 1 aromatic carbocycles. The summed E-state index contributed by atoms with van der Waals surface area (Å²) in [5.41, 5.74) is 7.37. The van der Waals surface area contributed by atoms with E-state index in [0.717, 1.165) is 25.6 Å². The number of likely N-dealkylation sites (N-methyl/N-ethyl adjacent to an activating group) is 1. The summed E-state index contributed by atoms with van der Waals surface area (Å²) >= 11 is 0. The van der Waals surface area contributed by atoms with Crippen LogP contribution in [0.1, 0.15) is 54.1 Å². The van der Waals surface area contributed by atoms with Gasteiger partial charge in [0.2, 0.25) is 0 Å². The highest BCUT2D eigenvalue weighted by Crippen LogP contribution is 2.34. The summed E-state index contributed by atoms with van der Waals surface area (Å²) in [6.07, 6.45) is 9.52. The molecule has 32 heavy (non-hydrogen) atoms. The van der Waals surface area contributed by atoms with Crippen LogP contribution in [0.3, 0.4) is 0 Å². The van der Waals surface area contributed by atoms with E-state index in [2.05, 4.69) is 57.4 Å². The monoisotopic (exact) mass is 431 g/mol. The minimum absolute atomic E-state index is 0.453. The van der Waals surface area contributed by atoms with E-state index in [9.17, 15) is 0 Å². The number of rotatable bonds is 4. The molecule has 2 saturated heterocycles. The zero-order valence-electron chi connectivity index (χ0n) is 19.5. The fraction of sp³-hybridized carbons (Fsp3) is 0.593. The molecule has 5 nitrogen and oxygen atoms in total. The number of aryl methyl sites for hydroxylation is 1. The highest BCUT2D eigenvalue weighted by Gasteiger charge is 2.33. The average Bonchev–Trinajstić information content (AvgIpc) is 3.31. The summed E-state index contributed by atoms with van der Waals surface area (Å²) < 4.78 is 0. The predicted octanol–water partition coefficient (Wildman–Crippen LogP) is 3.39. The van der Waals surface area contributed by atoms with E-state index in [1.807, 2.05) is 6.20 Å². The first-order chi connectivity index (χ1) is 15.8. The van der Waals surface area contributed by atoms with E-state index in [1.54, 1.807) is 5.56 Å². The number of nitrogens with zero attached hydrogens (tertiary/aromatic N) is 4. The minimum atomic E-state index is 0.453. The number of hydrogen-bond donors (Lipinski definition) is 1. The highest BCUT2D eigenvalue weighted by molar-refractivity contribution is 5.58. The molecule has 1 aromatic heterocycles. The Balaban J connectivity index is 1.18. The third-order valence-electron chi connectivity index (χ3n) is 8.41. The van der Waals surface area contributed by atoms with Crippen LogP contribution in [0.2, 0.25) is 0 Å². The Morgan fingerprint density at radius 3 is 2.97 bits per heavy atom. The van der Waals surface area contributed by atoms with Gasteiger partial charge in [-0.3, -0.25) is 14.8 Å². The Morgan fingerprint density at radius 2 is 2.00 bits per heavy atom. The standard InChI is InChI=1S/C27H37N5/c1-30(26-11-2-6-20-8-4-12-28-27(20)26)18-22-16-24-21(17-29-22)7-3-10-25(24)32-15-14-31-13-5-9-23(31)19-32/h3-4,7-8,10,12,22-23,26,29H,2,5-6,9,11,13-19H2,1H3/t22-,23+,26+/m1/s1. The third-order valence-corrected chi connectivity index (χ3v) is 8.41. The van der Waals surface area contributed by atoms with Gasteiger partial charge < -0.3 is 10.2 Å². The van der Waals surface area contributed by atoms with Gasteiger partial charge in [-0.2, -0.15) is 0 Å². The number of anilines is 1. The van der Waals surface area contributed by atoms with E-state index < -0.39 is 0 Å². The van der Waals surface area contributed by atoms with Crippen LogP contribution in [-0.2, 0) is 19.4 Å². The van der Waals surface area contributed by atoms with Crippen molar-refractivity contribution in [1.82, 2.24) is 20.1 Å². The van der Waals surface area contributed by atoms with Crippen molar-refractivity contribution in [3.05, 3.63) is 58.9 Å². The molecule has 6 rings (SSSR count). The fourth-order valence-corrected chi connectivity index (χ4v) is 6.72. The summed E-state index contributed by atoms with van der Waals surface area (Å²) in [4.78, 5) is 12.7. The summed E-state index contributed by atoms with van der Waals surface area (Å²) in [6, 6.07) is 13.1. The maximum atomic E-state index is 4.78. The van der Waals surface area contributed by atoms with Crippen molar-refractivity contribution in [2.75, 3.05) is 44.7 Å². The van der Waals surface area contributed by atoms with Gasteiger partial charge in [0.05, 0.1) is 11.7 Å². The zero-order valence-corrected chi connectivity index (χ0v) is 19.5. The zero-order chi connectivity index (χ0) is 21.5. The van der Waals surface area contributed by atoms with E-state index in [1.165, 1.54) is 80.8 Å². The molecule has 0 unspecified atom stereocenters. The van der Waals surface area contributed by atoms with Crippen LogP contribution in [0.25, 0.3) is 0 Å². The van der Waals surface area contributed by atoms with Gasteiger partial charge in [0.15, 0.2) is 0 Å². The number of benzene rings is 1. The molecule has 170 valence electrons. The van der Waals surface area contributed by atoms with Gasteiger partial charge in [0, 0.05) is 56.7 Å². The number of hydrogen-bond acceptors (Lipinski definition) is 5. The van der Waals surface area contributed by atoms with Crippen LogP contribution in [-0.4, -0.2) is 66.6 Å². The number of pyridine rings is 1. The van der Waals surface area contributed by atoms with Crippen molar-refractivity contribution in [3.63, 3.8) is 0 Å². The summed E-state index contributed by atoms with van der Waals surface area (Å²) in [7, 11) is 2.30. The predicted molar refractivity (Wildman–Crippen MR) is 130 cm³/mol. The van der Waals surface area contributed by atoms with Crippen molar-refractivity contribution in [3.8, 4) is 0 Å². The van der Waals surface area contributed by atoms with E-state index in [4.69, 9.17) is 4.98 Å². The smallest absolute Gasteiger partial charge is 0.0607 e. The van der Waals surface area contributed by atoms with Crippen LogP contribution in [0.5, 0.6) is 0 Å². The molecule has 5 heteroatoms. The van der Waals surface area contributed by atoms with E-state index >= 15 is 0 Å². The second-order valence-corrected chi connectivity index (χ2v) is 10.4. The molecule has 4 heterocycles. The Bertz CT molecular complexity index is 959. The van der Waals surface area contributed by atoms with Crippen LogP contribution in [0.15, 0.2) is 36.5 Å². The summed E-state index contributed by atoms with van der Waals surface area (Å²) in [5.74, 6) is 0. The van der Waals surface area contributed by atoms with Crippen LogP contribution >= 0.6 is 0 Å². The SMILES string of the molecule is CN(C[C@H]1Cc2c(cccc2N2CCN3CCC[C@H]3C2)CN1)[C@H]1CCCc2cccnc21. The molecule has 0 spiro atoms. The van der Waals surface area contributed by atoms with Gasteiger partial charge in [0.1, 0.15) is 0 Å². The molecule has 4 aliphatic rings. The maximum absolute atomic E-state index is 4.78. The molecule has 2 aromatic rings. The summed E-state index contributed by atoms with van der Waals surface area (Å²) in [6.45, 7) is 6.99. The largest absolute Gasteiger partial charge is 0.368 e. The minimum Gasteiger partial charge on any atom is -0.368 e. The quantitative estimate of drug-likeness (QED) is 0.803. The Hall–Kier alpha value is -1.95. The van der Waals surface area contributed by atoms with E-state index in [0.29, 0.717) is 12.1 Å². The fourth-order valence-electron chi connectivity index (χ4n) is 6.72. The van der Waals surface area contributed by atoms with Crippen LogP contribution in [0, 0.1) is 0 Å². The first kappa shape index (κ1) is 20.6. The number of nitrogens with one attached hydrogen (secondary N) is 1. The van der Waals surface area contributed by atoms with Crippen molar-refractivity contribution >= 4 is 5.69 Å². The van der Waals surface area contributed by atoms with Gasteiger partial charge in [-0.15, -0.1) is 0 Å². The Morgan fingerprint density at radius 1 is 1.06 bits per heavy atom. The number of piperazine rings is 1. The van der Waals surface area contributed by atoms with Gasteiger partial charge >= 0.3 is 0 Å². The molecule has 3 aliphatic heterocycles. The lowest BCUT2D eigenvalue weighted by Crippen LogP contribution is -2.51. The lowest BCUT2D eigenvalue weighted by atomic mass is 9.89. The molecular weight excluding hydrogens is 394 g/mol. The first-order valence-electron chi connectivity index (χ1n) is 12.7. The van der Waals surface area contributed by atoms with Crippen LogP contribution in [0.4, 0.5) is 5.69 Å². The molecule has 0 radical (unpaired) electrons. The molecule has 0 bridgehead atoms. The number of fused-ring (bicyclic) bond motifs is 3. The van der Waals surface area contributed by atoms with Gasteiger partial charge in [-0.05, 0) is 80.9 Å². The second-order valence-electron chi connectivity index (χ2n) is 10.4. The molecule has 2 fully saturated rings. The molecule has 1 aliphatic carbocycles. The van der Waals surface area contributed by atoms with Gasteiger partial charge in [-0.25, -0.2) is 0 Å².